The van der Waals surface area contributed by atoms with Crippen molar-refractivity contribution in [1.29, 1.82) is 0 Å². The van der Waals surface area contributed by atoms with Crippen LogP contribution in [0.3, 0.4) is 0 Å². The average molecular weight is 247 g/mol. The van der Waals surface area contributed by atoms with E-state index in [1.807, 2.05) is 6.20 Å². The zero-order valence-electron chi connectivity index (χ0n) is 11.1. The second-order valence-corrected chi connectivity index (χ2v) is 4.70. The molecule has 2 heterocycles. The smallest absolute Gasteiger partial charge is 0.224 e. The van der Waals surface area contributed by atoms with Gasteiger partial charge >= 0.3 is 0 Å². The lowest BCUT2D eigenvalue weighted by Gasteiger charge is -2.14. The predicted octanol–water partition coefficient (Wildman–Crippen LogP) is 2.78. The monoisotopic (exact) mass is 247 g/mol. The fourth-order valence-electron chi connectivity index (χ4n) is 2.39. The third-order valence-corrected chi connectivity index (χ3v) is 3.34. The van der Waals surface area contributed by atoms with Crippen LogP contribution in [0.4, 0.5) is 5.95 Å². The van der Waals surface area contributed by atoms with Gasteiger partial charge in [0.2, 0.25) is 5.95 Å². The van der Waals surface area contributed by atoms with Crippen LogP contribution in [0, 0.1) is 0 Å². The summed E-state index contributed by atoms with van der Waals surface area (Å²) in [6.45, 7) is 4.44. The maximum Gasteiger partial charge on any atom is 0.224 e. The van der Waals surface area contributed by atoms with Crippen molar-refractivity contribution in [2.24, 2.45) is 0 Å². The molecule has 18 heavy (non-hydrogen) atoms. The Hall–Kier alpha value is -1.65. The third-order valence-electron chi connectivity index (χ3n) is 3.34. The SMILES string of the molecule is CCCCC(CCC)c1cnn2c(N)ncnc12. The van der Waals surface area contributed by atoms with Crippen molar-refractivity contribution in [3.63, 3.8) is 0 Å². The summed E-state index contributed by atoms with van der Waals surface area (Å²) in [5.41, 5.74) is 7.86. The van der Waals surface area contributed by atoms with Crippen molar-refractivity contribution in [1.82, 2.24) is 19.6 Å². The van der Waals surface area contributed by atoms with E-state index in [4.69, 9.17) is 5.73 Å². The Morgan fingerprint density at radius 2 is 2.06 bits per heavy atom. The molecule has 0 fully saturated rings. The Bertz CT molecular complexity index is 505. The summed E-state index contributed by atoms with van der Waals surface area (Å²) in [7, 11) is 0. The van der Waals surface area contributed by atoms with Gasteiger partial charge in [-0.05, 0) is 18.8 Å². The fraction of sp³-hybridized carbons (Fsp3) is 0.615. The largest absolute Gasteiger partial charge is 0.368 e. The molecule has 2 rings (SSSR count). The van der Waals surface area contributed by atoms with Gasteiger partial charge < -0.3 is 5.73 Å². The molecule has 0 bridgehead atoms. The molecule has 2 aromatic rings. The van der Waals surface area contributed by atoms with Crippen molar-refractivity contribution in [3.05, 3.63) is 18.1 Å². The Kier molecular flexibility index (Phi) is 4.12. The van der Waals surface area contributed by atoms with Crippen LogP contribution in [-0.4, -0.2) is 19.6 Å². The number of hydrogen-bond donors (Lipinski definition) is 1. The number of anilines is 1. The van der Waals surface area contributed by atoms with Gasteiger partial charge in [0.1, 0.15) is 6.33 Å². The van der Waals surface area contributed by atoms with Crippen LogP contribution >= 0.6 is 0 Å². The van der Waals surface area contributed by atoms with Crippen molar-refractivity contribution < 1.29 is 0 Å². The molecule has 5 nitrogen and oxygen atoms in total. The summed E-state index contributed by atoms with van der Waals surface area (Å²) in [4.78, 5) is 8.28. The lowest BCUT2D eigenvalue weighted by Crippen LogP contribution is -2.04. The van der Waals surface area contributed by atoms with E-state index in [1.54, 1.807) is 4.52 Å². The molecular weight excluding hydrogens is 226 g/mol. The van der Waals surface area contributed by atoms with Crippen molar-refractivity contribution in [3.8, 4) is 0 Å². The molecule has 0 aliphatic rings. The Morgan fingerprint density at radius 1 is 1.22 bits per heavy atom. The molecule has 0 aliphatic carbocycles. The third kappa shape index (κ3) is 2.44. The number of nitrogens with two attached hydrogens (primary N) is 1. The van der Waals surface area contributed by atoms with Crippen LogP contribution in [0.5, 0.6) is 0 Å². The Labute approximate surface area is 107 Å². The number of nitrogens with zero attached hydrogens (tertiary/aromatic N) is 4. The predicted molar refractivity (Wildman–Crippen MR) is 72.4 cm³/mol. The van der Waals surface area contributed by atoms with E-state index in [9.17, 15) is 0 Å². The zero-order chi connectivity index (χ0) is 13.0. The van der Waals surface area contributed by atoms with Crippen LogP contribution in [0.2, 0.25) is 0 Å². The van der Waals surface area contributed by atoms with Gasteiger partial charge in [-0.3, -0.25) is 0 Å². The molecular formula is C13H21N5. The van der Waals surface area contributed by atoms with E-state index >= 15 is 0 Å². The Balaban J connectivity index is 2.34. The van der Waals surface area contributed by atoms with E-state index in [2.05, 4.69) is 28.9 Å². The molecule has 1 unspecified atom stereocenters. The highest BCUT2D eigenvalue weighted by Crippen LogP contribution is 2.29. The summed E-state index contributed by atoms with van der Waals surface area (Å²) in [5, 5.41) is 4.30. The molecule has 0 saturated heterocycles. The normalized spacial score (nSPS) is 13.0. The van der Waals surface area contributed by atoms with Gasteiger partial charge in [-0.25, -0.2) is 9.97 Å². The number of unbranched alkanes of at least 4 members (excludes halogenated alkanes) is 1. The number of aromatic nitrogens is 4. The molecule has 0 aromatic carbocycles. The van der Waals surface area contributed by atoms with E-state index in [0.717, 1.165) is 5.65 Å². The summed E-state index contributed by atoms with van der Waals surface area (Å²) >= 11 is 0. The number of nitrogen functional groups attached to an aromatic ring is 1. The molecule has 0 amide bonds. The lowest BCUT2D eigenvalue weighted by molar-refractivity contribution is 0.543. The maximum absolute atomic E-state index is 5.79. The van der Waals surface area contributed by atoms with Gasteiger partial charge in [0.25, 0.3) is 0 Å². The minimum atomic E-state index is 0.400. The van der Waals surface area contributed by atoms with Crippen molar-refractivity contribution in [2.45, 2.75) is 51.9 Å². The van der Waals surface area contributed by atoms with Crippen LogP contribution in [0.15, 0.2) is 12.5 Å². The summed E-state index contributed by atoms with van der Waals surface area (Å²) in [6.07, 6.45) is 9.40. The first kappa shape index (κ1) is 12.8. The standard InChI is InChI=1S/C13H21N5/c1-3-5-7-10(6-4-2)11-8-17-18-12(11)15-9-16-13(18)14/h8-10H,3-7H2,1-2H3,(H2,14,15,16). The summed E-state index contributed by atoms with van der Waals surface area (Å²) in [6, 6.07) is 0. The molecule has 98 valence electrons. The van der Waals surface area contributed by atoms with Gasteiger partial charge in [0.05, 0.1) is 6.20 Å². The van der Waals surface area contributed by atoms with Gasteiger partial charge in [-0.1, -0.05) is 33.1 Å². The topological polar surface area (TPSA) is 69.1 Å². The molecule has 0 aliphatic heterocycles. The van der Waals surface area contributed by atoms with E-state index in [1.165, 1.54) is 44.0 Å². The Morgan fingerprint density at radius 3 is 2.78 bits per heavy atom. The van der Waals surface area contributed by atoms with Gasteiger partial charge in [0.15, 0.2) is 5.65 Å². The van der Waals surface area contributed by atoms with Gasteiger partial charge in [-0.2, -0.15) is 9.61 Å². The van der Waals surface area contributed by atoms with E-state index in [-0.39, 0.29) is 0 Å². The van der Waals surface area contributed by atoms with Crippen LogP contribution in [0.1, 0.15) is 57.4 Å². The number of rotatable bonds is 6. The molecule has 1 atom stereocenters. The van der Waals surface area contributed by atoms with Gasteiger partial charge in [-0.15, -0.1) is 0 Å². The highest BCUT2D eigenvalue weighted by atomic mass is 15.3. The number of fused-ring (bicyclic) bond motifs is 1. The van der Waals surface area contributed by atoms with Crippen LogP contribution in [-0.2, 0) is 0 Å². The van der Waals surface area contributed by atoms with Crippen LogP contribution < -0.4 is 5.73 Å². The quantitative estimate of drug-likeness (QED) is 0.852. The zero-order valence-corrected chi connectivity index (χ0v) is 11.1. The van der Waals surface area contributed by atoms with Crippen molar-refractivity contribution in [2.75, 3.05) is 5.73 Å². The number of hydrogen-bond acceptors (Lipinski definition) is 4. The first-order valence-corrected chi connectivity index (χ1v) is 6.72. The van der Waals surface area contributed by atoms with Gasteiger partial charge in [0, 0.05) is 5.56 Å². The second kappa shape index (κ2) is 5.80. The molecule has 2 aromatic heterocycles. The first-order chi connectivity index (χ1) is 8.77. The fourth-order valence-corrected chi connectivity index (χ4v) is 2.39. The molecule has 0 radical (unpaired) electrons. The average Bonchev–Trinajstić information content (AvgIpc) is 2.80. The molecule has 2 N–H and O–H groups in total. The highest BCUT2D eigenvalue weighted by Gasteiger charge is 2.17. The molecule has 0 saturated carbocycles. The molecule has 0 spiro atoms. The van der Waals surface area contributed by atoms with E-state index in [0.29, 0.717) is 11.9 Å². The maximum atomic E-state index is 5.79. The minimum Gasteiger partial charge on any atom is -0.368 e. The molecule has 5 heteroatoms. The van der Waals surface area contributed by atoms with Crippen LogP contribution in [0.25, 0.3) is 5.65 Å². The minimum absolute atomic E-state index is 0.400. The highest BCUT2D eigenvalue weighted by molar-refractivity contribution is 5.50. The second-order valence-electron chi connectivity index (χ2n) is 4.70. The van der Waals surface area contributed by atoms with E-state index < -0.39 is 0 Å². The summed E-state index contributed by atoms with van der Waals surface area (Å²) in [5.74, 6) is 0.929. The van der Waals surface area contributed by atoms with Crippen molar-refractivity contribution >= 4 is 11.6 Å². The lowest BCUT2D eigenvalue weighted by atomic mass is 9.91. The first-order valence-electron chi connectivity index (χ1n) is 6.72. The summed E-state index contributed by atoms with van der Waals surface area (Å²) < 4.78 is 1.63.